The van der Waals surface area contributed by atoms with Gasteiger partial charge in [-0.3, -0.25) is 4.79 Å². The van der Waals surface area contributed by atoms with Crippen molar-refractivity contribution in [2.45, 2.75) is 38.8 Å². The van der Waals surface area contributed by atoms with Gasteiger partial charge in [0.15, 0.2) is 0 Å². The second-order valence-electron chi connectivity index (χ2n) is 7.48. The summed E-state index contributed by atoms with van der Waals surface area (Å²) in [6.07, 6.45) is -0.260. The van der Waals surface area contributed by atoms with E-state index in [-0.39, 0.29) is 5.91 Å². The van der Waals surface area contributed by atoms with Crippen molar-refractivity contribution < 1.29 is 19.1 Å². The number of nitrogens with one attached hydrogen (secondary N) is 1. The third kappa shape index (κ3) is 6.30. The lowest BCUT2D eigenvalue weighted by Gasteiger charge is -2.27. The number of carbonyl (C=O) groups excluding carboxylic acids is 2. The molecular weight excluding hydrogens is 356 g/mol. The molecule has 0 spiro atoms. The average Bonchev–Trinajstić information content (AvgIpc) is 2.65. The molecule has 0 aliphatic rings. The van der Waals surface area contributed by atoms with Gasteiger partial charge in [-0.05, 0) is 50.6 Å². The monoisotopic (exact) mass is 384 g/mol. The van der Waals surface area contributed by atoms with Crippen LogP contribution in [0.3, 0.4) is 0 Å². The van der Waals surface area contributed by atoms with Gasteiger partial charge in [0.05, 0.1) is 7.11 Å². The Hall–Kier alpha value is -3.02. The summed E-state index contributed by atoms with van der Waals surface area (Å²) in [5.41, 5.74) is 1.00. The SMILES string of the molecule is COc1ccc(N(C)C(=O)[C@H](Cc2ccccc2)NC(=O)OC(C)(C)C)cc1. The number of benzene rings is 2. The standard InChI is InChI=1S/C22H28N2O4/c1-22(2,3)28-21(26)23-19(15-16-9-7-6-8-10-16)20(25)24(4)17-11-13-18(27-5)14-12-17/h6-14,19H,15H2,1-5H3,(H,23,26)/t19-/m0/s1. The Morgan fingerprint density at radius 3 is 2.18 bits per heavy atom. The molecule has 1 atom stereocenters. The molecule has 28 heavy (non-hydrogen) atoms. The number of rotatable bonds is 6. The van der Waals surface area contributed by atoms with Crippen LogP contribution in [0.2, 0.25) is 0 Å². The molecule has 2 rings (SSSR count). The molecule has 2 amide bonds. The van der Waals surface area contributed by atoms with Crippen LogP contribution < -0.4 is 15.0 Å². The highest BCUT2D eigenvalue weighted by Gasteiger charge is 2.27. The third-order valence-electron chi connectivity index (χ3n) is 4.06. The number of methoxy groups -OCH3 is 1. The van der Waals surface area contributed by atoms with E-state index in [1.54, 1.807) is 59.2 Å². The zero-order chi connectivity index (χ0) is 20.7. The Labute approximate surface area is 166 Å². The fourth-order valence-corrected chi connectivity index (χ4v) is 2.67. The van der Waals surface area contributed by atoms with Crippen LogP contribution in [0.5, 0.6) is 5.75 Å². The summed E-state index contributed by atoms with van der Waals surface area (Å²) in [7, 11) is 3.27. The smallest absolute Gasteiger partial charge is 0.408 e. The second-order valence-corrected chi connectivity index (χ2v) is 7.48. The first kappa shape index (κ1) is 21.3. The molecule has 0 fully saturated rings. The van der Waals surface area contributed by atoms with Gasteiger partial charge in [0.1, 0.15) is 17.4 Å². The first-order valence-corrected chi connectivity index (χ1v) is 9.14. The number of ether oxygens (including phenoxy) is 2. The Kier molecular flexibility index (Phi) is 7.04. The Morgan fingerprint density at radius 2 is 1.64 bits per heavy atom. The lowest BCUT2D eigenvalue weighted by molar-refractivity contribution is -0.120. The third-order valence-corrected chi connectivity index (χ3v) is 4.06. The molecular formula is C22H28N2O4. The summed E-state index contributed by atoms with van der Waals surface area (Å²) in [5, 5.41) is 2.72. The molecule has 6 heteroatoms. The van der Waals surface area contributed by atoms with E-state index >= 15 is 0 Å². The number of hydrogen-bond acceptors (Lipinski definition) is 4. The van der Waals surface area contributed by atoms with E-state index in [1.807, 2.05) is 30.3 Å². The van der Waals surface area contributed by atoms with Crippen molar-refractivity contribution in [2.24, 2.45) is 0 Å². The highest BCUT2D eigenvalue weighted by molar-refractivity contribution is 5.98. The van der Waals surface area contributed by atoms with Crippen molar-refractivity contribution in [3.05, 3.63) is 60.2 Å². The molecule has 0 aliphatic carbocycles. The maximum atomic E-state index is 13.1. The first-order chi connectivity index (χ1) is 13.2. The van der Waals surface area contributed by atoms with Crippen molar-refractivity contribution >= 4 is 17.7 Å². The summed E-state index contributed by atoms with van der Waals surface area (Å²) in [6, 6.07) is 16.0. The fraction of sp³-hybridized carbons (Fsp3) is 0.364. The van der Waals surface area contributed by atoms with Crippen molar-refractivity contribution in [2.75, 3.05) is 19.1 Å². The number of alkyl carbamates (subject to hydrolysis) is 1. The van der Waals surface area contributed by atoms with Gasteiger partial charge in [-0.2, -0.15) is 0 Å². The molecule has 2 aromatic rings. The number of anilines is 1. The van der Waals surface area contributed by atoms with E-state index in [0.717, 1.165) is 5.56 Å². The van der Waals surface area contributed by atoms with Gasteiger partial charge in [-0.25, -0.2) is 4.79 Å². The summed E-state index contributed by atoms with van der Waals surface area (Å²) < 4.78 is 10.5. The minimum atomic E-state index is -0.760. The van der Waals surface area contributed by atoms with Gasteiger partial charge in [-0.15, -0.1) is 0 Å². The Bertz CT molecular complexity index is 782. The van der Waals surface area contributed by atoms with E-state index in [1.165, 1.54) is 4.90 Å². The molecule has 2 aromatic carbocycles. The van der Waals surface area contributed by atoms with Crippen LogP contribution in [0.1, 0.15) is 26.3 Å². The van der Waals surface area contributed by atoms with Gasteiger partial charge >= 0.3 is 6.09 Å². The molecule has 0 saturated carbocycles. The highest BCUT2D eigenvalue weighted by atomic mass is 16.6. The van der Waals surface area contributed by atoms with E-state index < -0.39 is 17.7 Å². The number of nitrogens with zero attached hydrogens (tertiary/aromatic N) is 1. The average molecular weight is 384 g/mol. The lowest BCUT2D eigenvalue weighted by atomic mass is 10.0. The molecule has 0 bridgehead atoms. The number of carbonyl (C=O) groups is 2. The Morgan fingerprint density at radius 1 is 1.04 bits per heavy atom. The maximum Gasteiger partial charge on any atom is 0.408 e. The minimum Gasteiger partial charge on any atom is -0.497 e. The van der Waals surface area contributed by atoms with E-state index in [0.29, 0.717) is 17.9 Å². The van der Waals surface area contributed by atoms with Crippen molar-refractivity contribution in [1.29, 1.82) is 0 Å². The summed E-state index contributed by atoms with van der Waals surface area (Å²) in [4.78, 5) is 26.9. The van der Waals surface area contributed by atoms with Crippen LogP contribution in [0.25, 0.3) is 0 Å². The largest absolute Gasteiger partial charge is 0.497 e. The molecule has 0 aliphatic heterocycles. The van der Waals surface area contributed by atoms with E-state index in [9.17, 15) is 9.59 Å². The molecule has 0 saturated heterocycles. The van der Waals surface area contributed by atoms with Crippen LogP contribution in [-0.2, 0) is 16.0 Å². The van der Waals surface area contributed by atoms with Crippen LogP contribution >= 0.6 is 0 Å². The van der Waals surface area contributed by atoms with Crippen LogP contribution in [0, 0.1) is 0 Å². The molecule has 6 nitrogen and oxygen atoms in total. The zero-order valence-corrected chi connectivity index (χ0v) is 17.1. The quantitative estimate of drug-likeness (QED) is 0.823. The van der Waals surface area contributed by atoms with E-state index in [4.69, 9.17) is 9.47 Å². The van der Waals surface area contributed by atoms with Crippen molar-refractivity contribution in [3.8, 4) is 5.75 Å². The predicted molar refractivity (Wildman–Crippen MR) is 110 cm³/mol. The van der Waals surface area contributed by atoms with Gasteiger partial charge in [0.2, 0.25) is 5.91 Å². The minimum absolute atomic E-state index is 0.236. The van der Waals surface area contributed by atoms with Crippen molar-refractivity contribution in [1.82, 2.24) is 5.32 Å². The van der Waals surface area contributed by atoms with Crippen molar-refractivity contribution in [3.63, 3.8) is 0 Å². The van der Waals surface area contributed by atoms with Gasteiger partial charge in [0, 0.05) is 19.2 Å². The number of amides is 2. The summed E-state index contributed by atoms with van der Waals surface area (Å²) >= 11 is 0. The molecule has 0 heterocycles. The Balaban J connectivity index is 2.20. The highest BCUT2D eigenvalue weighted by Crippen LogP contribution is 2.19. The molecule has 0 unspecified atom stereocenters. The summed E-state index contributed by atoms with van der Waals surface area (Å²) in [5.74, 6) is 0.470. The first-order valence-electron chi connectivity index (χ1n) is 9.14. The topological polar surface area (TPSA) is 67.9 Å². The van der Waals surface area contributed by atoms with Crippen LogP contribution in [0.4, 0.5) is 10.5 Å². The number of likely N-dealkylation sites (N-methyl/N-ethyl adjacent to an activating group) is 1. The molecule has 0 aromatic heterocycles. The van der Waals surface area contributed by atoms with Gasteiger partial charge in [0.25, 0.3) is 0 Å². The van der Waals surface area contributed by atoms with E-state index in [2.05, 4.69) is 5.32 Å². The molecule has 150 valence electrons. The zero-order valence-electron chi connectivity index (χ0n) is 17.1. The fourth-order valence-electron chi connectivity index (χ4n) is 2.67. The van der Waals surface area contributed by atoms with Gasteiger partial charge < -0.3 is 19.7 Å². The van der Waals surface area contributed by atoms with Gasteiger partial charge in [-0.1, -0.05) is 30.3 Å². The molecule has 0 radical (unpaired) electrons. The predicted octanol–water partition coefficient (Wildman–Crippen LogP) is 3.79. The number of hydrogen-bond donors (Lipinski definition) is 1. The second kappa shape index (κ2) is 9.26. The lowest BCUT2D eigenvalue weighted by Crippen LogP contribution is -2.50. The summed E-state index contributed by atoms with van der Waals surface area (Å²) in [6.45, 7) is 5.35. The normalized spacial score (nSPS) is 12.0. The van der Waals surface area contributed by atoms with Crippen LogP contribution in [-0.4, -0.2) is 37.8 Å². The molecule has 1 N–H and O–H groups in total. The van der Waals surface area contributed by atoms with Crippen LogP contribution in [0.15, 0.2) is 54.6 Å². The maximum absolute atomic E-state index is 13.1.